The molecular formula is C13H25N3O. The van der Waals surface area contributed by atoms with Gasteiger partial charge in [0.15, 0.2) is 0 Å². The summed E-state index contributed by atoms with van der Waals surface area (Å²) < 4.78 is 7.50. The molecule has 4 nitrogen and oxygen atoms in total. The molecule has 0 bridgehead atoms. The van der Waals surface area contributed by atoms with Crippen LogP contribution in [0.25, 0.3) is 0 Å². The Hall–Kier alpha value is -0.870. The lowest BCUT2D eigenvalue weighted by Crippen LogP contribution is -2.48. The molecule has 0 aliphatic heterocycles. The fourth-order valence-corrected chi connectivity index (χ4v) is 2.20. The Morgan fingerprint density at radius 2 is 2.29 bits per heavy atom. The quantitative estimate of drug-likeness (QED) is 0.788. The molecule has 1 N–H and O–H groups in total. The molecule has 0 fully saturated rings. The predicted octanol–water partition coefficient (Wildman–Crippen LogP) is 1.76. The molecule has 4 heteroatoms. The maximum Gasteiger partial charge on any atom is 0.0800 e. The number of ether oxygens (including phenoxy) is 1. The van der Waals surface area contributed by atoms with Crippen molar-refractivity contribution in [1.29, 1.82) is 0 Å². The van der Waals surface area contributed by atoms with Gasteiger partial charge in [-0.3, -0.25) is 4.68 Å². The second-order valence-corrected chi connectivity index (χ2v) is 4.77. The third kappa shape index (κ3) is 3.54. The second kappa shape index (κ2) is 6.17. The number of hydrogen-bond donors (Lipinski definition) is 1. The molecule has 17 heavy (non-hydrogen) atoms. The van der Waals surface area contributed by atoms with Gasteiger partial charge in [0.25, 0.3) is 0 Å². The van der Waals surface area contributed by atoms with Crippen LogP contribution in [-0.4, -0.2) is 35.6 Å². The standard InChI is InChI=1S/C13H25N3O/c1-6-13(2,17-5)12(14-3)8-7-11-9-15-16(4)10-11/h9-10,12,14H,6-8H2,1-5H3. The average molecular weight is 239 g/mol. The molecule has 2 atom stereocenters. The monoisotopic (exact) mass is 239 g/mol. The Kier molecular flexibility index (Phi) is 5.15. The van der Waals surface area contributed by atoms with Crippen molar-refractivity contribution in [2.75, 3.05) is 14.2 Å². The van der Waals surface area contributed by atoms with Crippen molar-refractivity contribution in [1.82, 2.24) is 15.1 Å². The van der Waals surface area contributed by atoms with Crippen molar-refractivity contribution in [2.45, 2.75) is 44.8 Å². The lowest BCUT2D eigenvalue weighted by Gasteiger charge is -2.35. The first-order chi connectivity index (χ1) is 8.05. The van der Waals surface area contributed by atoms with Crippen molar-refractivity contribution < 1.29 is 4.74 Å². The number of nitrogens with one attached hydrogen (secondary N) is 1. The first-order valence-electron chi connectivity index (χ1n) is 6.25. The van der Waals surface area contributed by atoms with Crippen LogP contribution < -0.4 is 5.32 Å². The van der Waals surface area contributed by atoms with E-state index in [2.05, 4.69) is 30.5 Å². The third-order valence-corrected chi connectivity index (χ3v) is 3.73. The maximum atomic E-state index is 5.65. The maximum absolute atomic E-state index is 5.65. The topological polar surface area (TPSA) is 39.1 Å². The number of nitrogens with zero attached hydrogens (tertiary/aromatic N) is 2. The zero-order chi connectivity index (χ0) is 12.9. The fraction of sp³-hybridized carbons (Fsp3) is 0.769. The largest absolute Gasteiger partial charge is 0.377 e. The lowest BCUT2D eigenvalue weighted by molar-refractivity contribution is -0.0290. The van der Waals surface area contributed by atoms with Gasteiger partial charge in [-0.15, -0.1) is 0 Å². The van der Waals surface area contributed by atoms with Crippen LogP contribution in [0, 0.1) is 0 Å². The Morgan fingerprint density at radius 3 is 2.71 bits per heavy atom. The van der Waals surface area contributed by atoms with Gasteiger partial charge in [-0.05, 0) is 38.8 Å². The van der Waals surface area contributed by atoms with Crippen molar-refractivity contribution in [3.8, 4) is 0 Å². The van der Waals surface area contributed by atoms with E-state index >= 15 is 0 Å². The smallest absolute Gasteiger partial charge is 0.0800 e. The Balaban J connectivity index is 2.58. The van der Waals surface area contributed by atoms with E-state index in [0.717, 1.165) is 19.3 Å². The summed E-state index contributed by atoms with van der Waals surface area (Å²) in [5.74, 6) is 0. The van der Waals surface area contributed by atoms with Gasteiger partial charge >= 0.3 is 0 Å². The zero-order valence-electron chi connectivity index (χ0n) is 11.7. The number of hydrogen-bond acceptors (Lipinski definition) is 3. The number of aromatic nitrogens is 2. The van der Waals surface area contributed by atoms with Gasteiger partial charge in [-0.1, -0.05) is 6.92 Å². The van der Waals surface area contributed by atoms with Crippen LogP contribution in [0.2, 0.25) is 0 Å². The molecule has 0 aliphatic rings. The molecule has 1 heterocycles. The highest BCUT2D eigenvalue weighted by molar-refractivity contribution is 5.05. The first kappa shape index (κ1) is 14.2. The summed E-state index contributed by atoms with van der Waals surface area (Å²) in [4.78, 5) is 0. The number of likely N-dealkylation sites (N-methyl/N-ethyl adjacent to an activating group) is 1. The van der Waals surface area contributed by atoms with Crippen molar-refractivity contribution in [3.63, 3.8) is 0 Å². The molecule has 0 spiro atoms. The van der Waals surface area contributed by atoms with Gasteiger partial charge in [-0.25, -0.2) is 0 Å². The normalized spacial score (nSPS) is 16.8. The summed E-state index contributed by atoms with van der Waals surface area (Å²) >= 11 is 0. The zero-order valence-corrected chi connectivity index (χ0v) is 11.7. The molecule has 0 aromatic carbocycles. The number of rotatable bonds is 7. The van der Waals surface area contributed by atoms with Crippen molar-refractivity contribution in [3.05, 3.63) is 18.0 Å². The molecule has 0 amide bonds. The summed E-state index contributed by atoms with van der Waals surface area (Å²) in [5, 5.41) is 7.56. The molecular weight excluding hydrogens is 214 g/mol. The van der Waals surface area contributed by atoms with Gasteiger partial charge in [-0.2, -0.15) is 5.10 Å². The van der Waals surface area contributed by atoms with Gasteiger partial charge < -0.3 is 10.1 Å². The summed E-state index contributed by atoms with van der Waals surface area (Å²) in [6.45, 7) is 4.33. The fourth-order valence-electron chi connectivity index (χ4n) is 2.20. The summed E-state index contributed by atoms with van der Waals surface area (Å²) in [5.41, 5.74) is 1.18. The minimum Gasteiger partial charge on any atom is -0.377 e. The summed E-state index contributed by atoms with van der Waals surface area (Å²) in [6, 6.07) is 0.359. The van der Waals surface area contributed by atoms with E-state index in [1.54, 1.807) is 7.11 Å². The van der Waals surface area contributed by atoms with Crippen LogP contribution in [0.3, 0.4) is 0 Å². The van der Waals surface area contributed by atoms with Gasteiger partial charge in [0.2, 0.25) is 0 Å². The Bertz CT molecular complexity index is 331. The van der Waals surface area contributed by atoms with Crippen molar-refractivity contribution >= 4 is 0 Å². The first-order valence-corrected chi connectivity index (χ1v) is 6.25. The Labute approximate surface area is 104 Å². The van der Waals surface area contributed by atoms with E-state index < -0.39 is 0 Å². The predicted molar refractivity (Wildman–Crippen MR) is 70.1 cm³/mol. The molecule has 0 radical (unpaired) electrons. The van der Waals surface area contributed by atoms with Gasteiger partial charge in [0.1, 0.15) is 0 Å². The van der Waals surface area contributed by atoms with E-state index in [0.29, 0.717) is 6.04 Å². The van der Waals surface area contributed by atoms with Crippen LogP contribution in [-0.2, 0) is 18.2 Å². The molecule has 2 unspecified atom stereocenters. The highest BCUT2D eigenvalue weighted by atomic mass is 16.5. The average Bonchev–Trinajstić information content (AvgIpc) is 2.75. The molecule has 0 aliphatic carbocycles. The molecule has 1 aromatic rings. The van der Waals surface area contributed by atoms with Crippen LogP contribution in [0.1, 0.15) is 32.3 Å². The van der Waals surface area contributed by atoms with Crippen LogP contribution >= 0.6 is 0 Å². The van der Waals surface area contributed by atoms with E-state index in [4.69, 9.17) is 4.74 Å². The molecule has 0 saturated carbocycles. The van der Waals surface area contributed by atoms with E-state index in [1.807, 2.05) is 25.0 Å². The molecule has 1 aromatic heterocycles. The lowest BCUT2D eigenvalue weighted by atomic mass is 9.89. The molecule has 1 rings (SSSR count). The second-order valence-electron chi connectivity index (χ2n) is 4.77. The summed E-state index contributed by atoms with van der Waals surface area (Å²) in [7, 11) is 5.74. The number of methoxy groups -OCH3 is 1. The SMILES string of the molecule is CCC(C)(OC)C(CCc1cnn(C)c1)NC. The van der Waals surface area contributed by atoms with E-state index in [9.17, 15) is 0 Å². The molecule has 98 valence electrons. The van der Waals surface area contributed by atoms with E-state index in [-0.39, 0.29) is 5.60 Å². The van der Waals surface area contributed by atoms with Crippen LogP contribution in [0.4, 0.5) is 0 Å². The Morgan fingerprint density at radius 1 is 1.59 bits per heavy atom. The van der Waals surface area contributed by atoms with E-state index in [1.165, 1.54) is 5.56 Å². The molecule has 0 saturated heterocycles. The third-order valence-electron chi connectivity index (χ3n) is 3.73. The highest BCUT2D eigenvalue weighted by Crippen LogP contribution is 2.22. The minimum absolute atomic E-state index is 0.100. The van der Waals surface area contributed by atoms with Crippen molar-refractivity contribution in [2.24, 2.45) is 7.05 Å². The number of aryl methyl sites for hydroxylation is 2. The highest BCUT2D eigenvalue weighted by Gasteiger charge is 2.30. The van der Waals surface area contributed by atoms with Gasteiger partial charge in [0, 0.05) is 26.4 Å². The van der Waals surface area contributed by atoms with Crippen LogP contribution in [0.15, 0.2) is 12.4 Å². The summed E-state index contributed by atoms with van der Waals surface area (Å²) in [6.07, 6.45) is 7.09. The van der Waals surface area contributed by atoms with Gasteiger partial charge in [0.05, 0.1) is 11.8 Å². The minimum atomic E-state index is -0.100. The van der Waals surface area contributed by atoms with Crippen LogP contribution in [0.5, 0.6) is 0 Å².